The highest BCUT2D eigenvalue weighted by atomic mass is 35.5. The Morgan fingerprint density at radius 1 is 1.00 bits per heavy atom. The Balaban J connectivity index is 2.12. The molecular weight excluding hydrogens is 385 g/mol. The predicted molar refractivity (Wildman–Crippen MR) is 102 cm³/mol. The van der Waals surface area contributed by atoms with Crippen molar-refractivity contribution < 1.29 is 14.2 Å². The van der Waals surface area contributed by atoms with E-state index in [9.17, 15) is 0 Å². The van der Waals surface area contributed by atoms with Crippen molar-refractivity contribution in [1.29, 1.82) is 0 Å². The maximum atomic E-state index is 6.38. The minimum atomic E-state index is 0.194. The molecule has 0 atom stereocenters. The molecule has 0 radical (unpaired) electrons. The fourth-order valence-corrected chi connectivity index (χ4v) is 3.03. The molecule has 0 spiro atoms. The molecule has 7 heteroatoms. The summed E-state index contributed by atoms with van der Waals surface area (Å²) in [5.74, 6) is 1.01. The summed E-state index contributed by atoms with van der Waals surface area (Å²) in [7, 11) is 3.24. The van der Waals surface area contributed by atoms with Gasteiger partial charge in [-0.1, -0.05) is 40.9 Å². The molecule has 0 fully saturated rings. The number of halogens is 3. The Morgan fingerprint density at radius 2 is 1.72 bits per heavy atom. The molecule has 0 saturated heterocycles. The molecule has 0 aliphatic heterocycles. The molecule has 0 saturated carbocycles. The van der Waals surface area contributed by atoms with E-state index in [4.69, 9.17) is 49.0 Å². The van der Waals surface area contributed by atoms with Crippen molar-refractivity contribution in [3.63, 3.8) is 0 Å². The van der Waals surface area contributed by atoms with Crippen molar-refractivity contribution in [3.05, 3.63) is 56.5 Å². The topological polar surface area (TPSA) is 39.7 Å². The van der Waals surface area contributed by atoms with E-state index in [0.717, 1.165) is 12.1 Å². The van der Waals surface area contributed by atoms with Crippen LogP contribution in [0.25, 0.3) is 0 Å². The predicted octanol–water partition coefficient (Wildman–Crippen LogP) is 4.97. The minimum Gasteiger partial charge on any atom is -0.493 e. The second kappa shape index (κ2) is 10.1. The molecule has 0 bridgehead atoms. The molecule has 0 aromatic heterocycles. The first-order chi connectivity index (χ1) is 12.1. The standard InChI is InChI=1S/C18H20Cl3NO3/c1-23-7-6-22-10-12-8-16(21)18(17(9-12)24-2)25-11-13-14(19)4-3-5-15(13)20/h3-5,8-9,22H,6-7,10-11H2,1-2H3. The van der Waals surface area contributed by atoms with Gasteiger partial charge in [-0.2, -0.15) is 0 Å². The molecule has 2 rings (SSSR count). The van der Waals surface area contributed by atoms with Crippen molar-refractivity contribution in [2.45, 2.75) is 13.2 Å². The third-order valence-electron chi connectivity index (χ3n) is 3.52. The van der Waals surface area contributed by atoms with E-state index in [2.05, 4.69) is 5.32 Å². The van der Waals surface area contributed by atoms with Gasteiger partial charge in [0.05, 0.1) is 18.7 Å². The SMILES string of the molecule is COCCNCc1cc(Cl)c(OCc2c(Cl)cccc2Cl)c(OC)c1. The largest absolute Gasteiger partial charge is 0.493 e. The Bertz CT molecular complexity index is 690. The Hall–Kier alpha value is -1.17. The summed E-state index contributed by atoms with van der Waals surface area (Å²) in [6.07, 6.45) is 0. The molecule has 2 aromatic carbocycles. The molecule has 4 nitrogen and oxygen atoms in total. The summed E-state index contributed by atoms with van der Waals surface area (Å²) in [5.41, 5.74) is 1.69. The van der Waals surface area contributed by atoms with Gasteiger partial charge in [0.25, 0.3) is 0 Å². The van der Waals surface area contributed by atoms with Crippen LogP contribution in [0.5, 0.6) is 11.5 Å². The van der Waals surface area contributed by atoms with E-state index >= 15 is 0 Å². The molecular formula is C18H20Cl3NO3. The van der Waals surface area contributed by atoms with Crippen LogP contribution in [0.1, 0.15) is 11.1 Å². The van der Waals surface area contributed by atoms with E-state index in [1.54, 1.807) is 32.4 Å². The van der Waals surface area contributed by atoms with Gasteiger partial charge in [-0.25, -0.2) is 0 Å². The first-order valence-corrected chi connectivity index (χ1v) is 8.82. The van der Waals surface area contributed by atoms with Crippen molar-refractivity contribution in [3.8, 4) is 11.5 Å². The molecule has 0 amide bonds. The lowest BCUT2D eigenvalue weighted by atomic mass is 10.2. The Labute approximate surface area is 162 Å². The van der Waals surface area contributed by atoms with Crippen LogP contribution in [-0.2, 0) is 17.9 Å². The Morgan fingerprint density at radius 3 is 2.36 bits per heavy atom. The van der Waals surface area contributed by atoms with Gasteiger partial charge in [-0.15, -0.1) is 0 Å². The van der Waals surface area contributed by atoms with Crippen LogP contribution in [-0.4, -0.2) is 27.4 Å². The van der Waals surface area contributed by atoms with Crippen LogP contribution in [0.4, 0.5) is 0 Å². The zero-order chi connectivity index (χ0) is 18.2. The van der Waals surface area contributed by atoms with Gasteiger partial charge in [-0.05, 0) is 29.8 Å². The van der Waals surface area contributed by atoms with Crippen molar-refractivity contribution in [2.24, 2.45) is 0 Å². The third kappa shape index (κ3) is 5.66. The monoisotopic (exact) mass is 403 g/mol. The highest BCUT2D eigenvalue weighted by Gasteiger charge is 2.14. The zero-order valence-corrected chi connectivity index (χ0v) is 16.3. The lowest BCUT2D eigenvalue weighted by Gasteiger charge is -2.15. The van der Waals surface area contributed by atoms with Gasteiger partial charge >= 0.3 is 0 Å². The molecule has 25 heavy (non-hydrogen) atoms. The van der Waals surface area contributed by atoms with E-state index in [-0.39, 0.29) is 6.61 Å². The van der Waals surface area contributed by atoms with E-state index in [1.807, 2.05) is 12.1 Å². The van der Waals surface area contributed by atoms with Gasteiger partial charge in [-0.3, -0.25) is 0 Å². The van der Waals surface area contributed by atoms with E-state index in [0.29, 0.717) is 45.3 Å². The second-order valence-electron chi connectivity index (χ2n) is 5.27. The quantitative estimate of drug-likeness (QED) is 0.599. The summed E-state index contributed by atoms with van der Waals surface area (Å²) < 4.78 is 16.3. The van der Waals surface area contributed by atoms with Crippen LogP contribution in [0.15, 0.2) is 30.3 Å². The lowest BCUT2D eigenvalue weighted by Crippen LogP contribution is -2.18. The average molecular weight is 405 g/mol. The fraction of sp³-hybridized carbons (Fsp3) is 0.333. The maximum absolute atomic E-state index is 6.38. The Kier molecular flexibility index (Phi) is 8.13. The van der Waals surface area contributed by atoms with Crippen LogP contribution >= 0.6 is 34.8 Å². The van der Waals surface area contributed by atoms with E-state index in [1.165, 1.54) is 0 Å². The van der Waals surface area contributed by atoms with Crippen LogP contribution in [0.2, 0.25) is 15.1 Å². The molecule has 0 aliphatic rings. The van der Waals surface area contributed by atoms with Gasteiger partial charge < -0.3 is 19.5 Å². The summed E-state index contributed by atoms with van der Waals surface area (Å²) in [4.78, 5) is 0. The number of benzene rings is 2. The van der Waals surface area contributed by atoms with Crippen LogP contribution in [0, 0.1) is 0 Å². The first kappa shape index (κ1) is 20.1. The summed E-state index contributed by atoms with van der Waals surface area (Å²) in [6.45, 7) is 2.24. The number of methoxy groups -OCH3 is 2. The molecule has 136 valence electrons. The number of rotatable bonds is 9. The maximum Gasteiger partial charge on any atom is 0.180 e. The first-order valence-electron chi connectivity index (χ1n) is 7.68. The summed E-state index contributed by atoms with van der Waals surface area (Å²) in [5, 5.41) is 4.81. The molecule has 0 unspecified atom stereocenters. The van der Waals surface area contributed by atoms with Crippen molar-refractivity contribution in [2.75, 3.05) is 27.4 Å². The zero-order valence-electron chi connectivity index (χ0n) is 14.1. The van der Waals surface area contributed by atoms with Crippen molar-refractivity contribution >= 4 is 34.8 Å². The number of hydrogen-bond acceptors (Lipinski definition) is 4. The number of nitrogens with one attached hydrogen (secondary N) is 1. The molecule has 1 N–H and O–H groups in total. The smallest absolute Gasteiger partial charge is 0.180 e. The molecule has 2 aromatic rings. The lowest BCUT2D eigenvalue weighted by molar-refractivity contribution is 0.199. The van der Waals surface area contributed by atoms with Gasteiger partial charge in [0.2, 0.25) is 0 Å². The summed E-state index contributed by atoms with van der Waals surface area (Å²) >= 11 is 18.7. The fourth-order valence-electron chi connectivity index (χ4n) is 2.24. The highest BCUT2D eigenvalue weighted by Crippen LogP contribution is 2.37. The molecule has 0 aliphatic carbocycles. The number of hydrogen-bond donors (Lipinski definition) is 1. The average Bonchev–Trinajstić information content (AvgIpc) is 2.59. The third-order valence-corrected chi connectivity index (χ3v) is 4.51. The second-order valence-corrected chi connectivity index (χ2v) is 6.49. The molecule has 0 heterocycles. The number of ether oxygens (including phenoxy) is 3. The minimum absolute atomic E-state index is 0.194. The van der Waals surface area contributed by atoms with Gasteiger partial charge in [0.1, 0.15) is 6.61 Å². The van der Waals surface area contributed by atoms with Gasteiger partial charge in [0.15, 0.2) is 11.5 Å². The van der Waals surface area contributed by atoms with Crippen LogP contribution < -0.4 is 14.8 Å². The van der Waals surface area contributed by atoms with Crippen molar-refractivity contribution in [1.82, 2.24) is 5.32 Å². The summed E-state index contributed by atoms with van der Waals surface area (Å²) in [6, 6.07) is 9.04. The van der Waals surface area contributed by atoms with E-state index < -0.39 is 0 Å². The highest BCUT2D eigenvalue weighted by molar-refractivity contribution is 6.36. The van der Waals surface area contributed by atoms with Gasteiger partial charge in [0, 0.05) is 35.8 Å². The normalized spacial score (nSPS) is 10.8. The van der Waals surface area contributed by atoms with Crippen LogP contribution in [0.3, 0.4) is 0 Å².